The van der Waals surface area contributed by atoms with E-state index in [0.717, 1.165) is 12.8 Å². The summed E-state index contributed by atoms with van der Waals surface area (Å²) in [4.78, 5) is 25.9. The van der Waals surface area contributed by atoms with E-state index in [1.54, 1.807) is 11.4 Å². The minimum Gasteiger partial charge on any atom is -0.461 e. The van der Waals surface area contributed by atoms with Crippen LogP contribution in [0.2, 0.25) is 0 Å². The standard InChI is InChI=1S/C14H14N2O3S/c15-6-10-3-4-20-13(10)14(18)19-8-9-5-12(17)16(7-9)11-1-2-11/h3-4,9,11H,1-2,5,7-8H2/t9-/m1/s1. The Morgan fingerprint density at radius 1 is 1.55 bits per heavy atom. The van der Waals surface area contributed by atoms with Crippen LogP contribution in [0.4, 0.5) is 0 Å². The highest BCUT2D eigenvalue weighted by Gasteiger charge is 2.39. The maximum atomic E-state index is 11.9. The van der Waals surface area contributed by atoms with Crippen LogP contribution in [0.25, 0.3) is 0 Å². The molecule has 0 radical (unpaired) electrons. The number of esters is 1. The lowest BCUT2D eigenvalue weighted by Crippen LogP contribution is -2.27. The second kappa shape index (κ2) is 5.25. The summed E-state index contributed by atoms with van der Waals surface area (Å²) in [6.07, 6.45) is 2.65. The summed E-state index contributed by atoms with van der Waals surface area (Å²) >= 11 is 1.21. The Hall–Kier alpha value is -1.87. The maximum Gasteiger partial charge on any atom is 0.349 e. The number of ether oxygens (including phenoxy) is 1. The predicted molar refractivity (Wildman–Crippen MR) is 72.2 cm³/mol. The molecule has 0 unspecified atom stereocenters. The molecular formula is C14H14N2O3S. The van der Waals surface area contributed by atoms with Crippen LogP contribution in [0, 0.1) is 17.2 Å². The van der Waals surface area contributed by atoms with Crippen molar-refractivity contribution in [1.29, 1.82) is 5.26 Å². The first kappa shape index (κ1) is 13.1. The van der Waals surface area contributed by atoms with Crippen LogP contribution in [-0.4, -0.2) is 36.0 Å². The van der Waals surface area contributed by atoms with Gasteiger partial charge in [-0.15, -0.1) is 11.3 Å². The number of amides is 1. The minimum atomic E-state index is -0.464. The Morgan fingerprint density at radius 2 is 2.35 bits per heavy atom. The van der Waals surface area contributed by atoms with Crippen LogP contribution in [0.5, 0.6) is 0 Å². The van der Waals surface area contributed by atoms with Gasteiger partial charge in [-0.2, -0.15) is 5.26 Å². The molecule has 1 saturated carbocycles. The number of hydrogen-bond acceptors (Lipinski definition) is 5. The van der Waals surface area contributed by atoms with E-state index >= 15 is 0 Å². The average Bonchev–Trinajstić information content (AvgIpc) is 3.05. The molecule has 1 aliphatic carbocycles. The second-order valence-corrected chi connectivity index (χ2v) is 6.14. The molecule has 0 N–H and O–H groups in total. The fourth-order valence-electron chi connectivity index (χ4n) is 2.47. The molecule has 2 aliphatic rings. The smallest absolute Gasteiger partial charge is 0.349 e. The molecule has 1 amide bonds. The third kappa shape index (κ3) is 2.54. The fourth-order valence-corrected chi connectivity index (χ4v) is 3.21. The molecule has 1 atom stereocenters. The average molecular weight is 290 g/mol. The predicted octanol–water partition coefficient (Wildman–Crippen LogP) is 1.79. The molecule has 0 bridgehead atoms. The van der Waals surface area contributed by atoms with E-state index in [1.165, 1.54) is 11.3 Å². The van der Waals surface area contributed by atoms with Gasteiger partial charge in [0.2, 0.25) is 5.91 Å². The topological polar surface area (TPSA) is 70.4 Å². The number of thiophene rings is 1. The van der Waals surface area contributed by atoms with Crippen LogP contribution in [0.3, 0.4) is 0 Å². The highest BCUT2D eigenvalue weighted by atomic mass is 32.1. The van der Waals surface area contributed by atoms with Gasteiger partial charge in [-0.1, -0.05) is 0 Å². The van der Waals surface area contributed by atoms with Crippen LogP contribution < -0.4 is 0 Å². The van der Waals surface area contributed by atoms with Crippen molar-refractivity contribution in [3.05, 3.63) is 21.9 Å². The number of carbonyl (C=O) groups excluding carboxylic acids is 2. The van der Waals surface area contributed by atoms with Gasteiger partial charge in [0, 0.05) is 24.9 Å². The minimum absolute atomic E-state index is 0.0811. The largest absolute Gasteiger partial charge is 0.461 e. The number of nitriles is 1. The highest BCUT2D eigenvalue weighted by Crippen LogP contribution is 2.32. The van der Waals surface area contributed by atoms with Crippen molar-refractivity contribution in [3.63, 3.8) is 0 Å². The summed E-state index contributed by atoms with van der Waals surface area (Å²) in [6.45, 7) is 0.933. The van der Waals surface area contributed by atoms with Crippen molar-refractivity contribution in [1.82, 2.24) is 4.90 Å². The van der Waals surface area contributed by atoms with E-state index in [9.17, 15) is 9.59 Å². The Kier molecular flexibility index (Phi) is 3.45. The van der Waals surface area contributed by atoms with Gasteiger partial charge in [-0.3, -0.25) is 4.79 Å². The monoisotopic (exact) mass is 290 g/mol. The Balaban J connectivity index is 1.54. The van der Waals surface area contributed by atoms with Gasteiger partial charge in [0.25, 0.3) is 0 Å². The quantitative estimate of drug-likeness (QED) is 0.793. The molecule has 1 aromatic heterocycles. The molecule has 3 rings (SSSR count). The zero-order chi connectivity index (χ0) is 14.1. The number of nitrogens with zero attached hydrogens (tertiary/aromatic N) is 2. The molecule has 1 aliphatic heterocycles. The summed E-state index contributed by atoms with van der Waals surface area (Å²) in [5.41, 5.74) is 0.349. The van der Waals surface area contributed by atoms with E-state index in [2.05, 4.69) is 0 Å². The summed E-state index contributed by atoms with van der Waals surface area (Å²) in [5.74, 6) is -0.214. The first-order chi connectivity index (χ1) is 9.69. The zero-order valence-electron chi connectivity index (χ0n) is 10.9. The Bertz CT molecular complexity index is 585. The Labute approximate surface area is 120 Å². The number of rotatable bonds is 4. The van der Waals surface area contributed by atoms with Crippen LogP contribution >= 0.6 is 11.3 Å². The molecule has 0 spiro atoms. The van der Waals surface area contributed by atoms with Gasteiger partial charge < -0.3 is 9.64 Å². The molecule has 0 aromatic carbocycles. The van der Waals surface area contributed by atoms with Gasteiger partial charge >= 0.3 is 5.97 Å². The lowest BCUT2D eigenvalue weighted by molar-refractivity contribution is -0.128. The van der Waals surface area contributed by atoms with Gasteiger partial charge in [-0.05, 0) is 24.3 Å². The molecule has 2 heterocycles. The number of carbonyl (C=O) groups is 2. The molecule has 2 fully saturated rings. The van der Waals surface area contributed by atoms with Crippen LogP contribution in [0.15, 0.2) is 11.4 Å². The Morgan fingerprint density at radius 3 is 3.05 bits per heavy atom. The summed E-state index contributed by atoms with van der Waals surface area (Å²) < 4.78 is 5.25. The first-order valence-electron chi connectivity index (χ1n) is 6.63. The van der Waals surface area contributed by atoms with E-state index in [-0.39, 0.29) is 18.4 Å². The summed E-state index contributed by atoms with van der Waals surface area (Å²) in [7, 11) is 0. The van der Waals surface area contributed by atoms with Crippen molar-refractivity contribution in [2.75, 3.05) is 13.2 Å². The van der Waals surface area contributed by atoms with Crippen molar-refractivity contribution in [2.45, 2.75) is 25.3 Å². The maximum absolute atomic E-state index is 11.9. The molecule has 5 nitrogen and oxygen atoms in total. The third-order valence-electron chi connectivity index (χ3n) is 3.65. The SMILES string of the molecule is N#Cc1ccsc1C(=O)OC[C@@H]1CC(=O)N(C2CC2)C1. The van der Waals surface area contributed by atoms with E-state index < -0.39 is 5.97 Å². The lowest BCUT2D eigenvalue weighted by Gasteiger charge is -2.15. The molecular weight excluding hydrogens is 276 g/mol. The summed E-state index contributed by atoms with van der Waals surface area (Å²) in [5, 5.41) is 10.6. The van der Waals surface area contributed by atoms with Crippen molar-refractivity contribution in [2.24, 2.45) is 5.92 Å². The second-order valence-electron chi connectivity index (χ2n) is 5.22. The van der Waals surface area contributed by atoms with Gasteiger partial charge in [0.15, 0.2) is 0 Å². The normalized spacial score (nSPS) is 21.9. The van der Waals surface area contributed by atoms with E-state index in [1.807, 2.05) is 11.0 Å². The zero-order valence-corrected chi connectivity index (χ0v) is 11.7. The number of likely N-dealkylation sites (tertiary alicyclic amines) is 1. The molecule has 1 aromatic rings. The molecule has 20 heavy (non-hydrogen) atoms. The summed E-state index contributed by atoms with van der Waals surface area (Å²) in [6, 6.07) is 4.00. The number of hydrogen-bond donors (Lipinski definition) is 0. The van der Waals surface area contributed by atoms with Crippen molar-refractivity contribution >= 4 is 23.2 Å². The van der Waals surface area contributed by atoms with Crippen molar-refractivity contribution in [3.8, 4) is 6.07 Å². The molecule has 6 heteroatoms. The first-order valence-corrected chi connectivity index (χ1v) is 7.51. The third-order valence-corrected chi connectivity index (χ3v) is 4.54. The lowest BCUT2D eigenvalue weighted by atomic mass is 10.1. The highest BCUT2D eigenvalue weighted by molar-refractivity contribution is 7.12. The van der Waals surface area contributed by atoms with Gasteiger partial charge in [0.05, 0.1) is 12.2 Å². The van der Waals surface area contributed by atoms with Gasteiger partial charge in [0.1, 0.15) is 10.9 Å². The fraction of sp³-hybridized carbons (Fsp3) is 0.500. The van der Waals surface area contributed by atoms with Crippen molar-refractivity contribution < 1.29 is 14.3 Å². The van der Waals surface area contributed by atoms with Gasteiger partial charge in [-0.25, -0.2) is 4.79 Å². The van der Waals surface area contributed by atoms with Crippen LogP contribution in [0.1, 0.15) is 34.5 Å². The molecule has 104 valence electrons. The van der Waals surface area contributed by atoms with Crippen LogP contribution in [-0.2, 0) is 9.53 Å². The molecule has 1 saturated heterocycles. The van der Waals surface area contributed by atoms with E-state index in [4.69, 9.17) is 10.00 Å². The van der Waals surface area contributed by atoms with E-state index in [0.29, 0.717) is 29.4 Å².